The second-order valence-corrected chi connectivity index (χ2v) is 6.50. The molecular formula is C23H17NO4. The Morgan fingerprint density at radius 1 is 0.821 bits per heavy atom. The topological polar surface area (TPSA) is 72.5 Å². The van der Waals surface area contributed by atoms with Crippen LogP contribution in [-0.4, -0.2) is 24.6 Å². The molecule has 3 aromatic rings. The van der Waals surface area contributed by atoms with Crippen molar-refractivity contribution in [1.82, 2.24) is 0 Å². The summed E-state index contributed by atoms with van der Waals surface area (Å²) in [5.41, 5.74) is 2.47. The van der Waals surface area contributed by atoms with Crippen LogP contribution in [0.4, 0.5) is 5.69 Å². The van der Waals surface area contributed by atoms with Crippen LogP contribution >= 0.6 is 0 Å². The maximum absolute atomic E-state index is 13.0. The lowest BCUT2D eigenvalue weighted by atomic mass is 9.83. The van der Waals surface area contributed by atoms with Crippen LogP contribution in [0.1, 0.15) is 37.4 Å². The summed E-state index contributed by atoms with van der Waals surface area (Å²) in [6, 6.07) is 18.8. The maximum Gasteiger partial charge on any atom is 0.228 e. The molecule has 0 heterocycles. The molecule has 5 nitrogen and oxygen atoms in total. The Kier molecular flexibility index (Phi) is 4.49. The number of anilines is 1. The highest BCUT2D eigenvalue weighted by molar-refractivity contribution is 6.30. The molecule has 0 aromatic heterocycles. The molecule has 0 radical (unpaired) electrons. The average molecular weight is 371 g/mol. The fourth-order valence-electron chi connectivity index (χ4n) is 3.37. The van der Waals surface area contributed by atoms with Crippen LogP contribution in [0.15, 0.2) is 66.7 Å². The van der Waals surface area contributed by atoms with Crippen molar-refractivity contribution >= 4 is 23.2 Å². The summed E-state index contributed by atoms with van der Waals surface area (Å²) in [4.78, 5) is 38.3. The summed E-state index contributed by atoms with van der Waals surface area (Å²) in [6.07, 6.45) is 0.145. The molecule has 0 bridgehead atoms. The minimum atomic E-state index is -0.266. The van der Waals surface area contributed by atoms with Crippen LogP contribution in [0.3, 0.4) is 0 Å². The zero-order valence-corrected chi connectivity index (χ0v) is 15.2. The lowest BCUT2D eigenvalue weighted by molar-refractivity contribution is -0.115. The van der Waals surface area contributed by atoms with Gasteiger partial charge in [0.25, 0.3) is 0 Å². The Hall–Kier alpha value is -3.73. The number of ketones is 2. The van der Waals surface area contributed by atoms with Gasteiger partial charge in [0.15, 0.2) is 11.6 Å². The van der Waals surface area contributed by atoms with E-state index in [-0.39, 0.29) is 29.5 Å². The summed E-state index contributed by atoms with van der Waals surface area (Å²) in [5.74, 6) is -0.0243. The Morgan fingerprint density at radius 3 is 2.14 bits per heavy atom. The molecule has 0 saturated heterocycles. The van der Waals surface area contributed by atoms with E-state index in [4.69, 9.17) is 4.74 Å². The highest BCUT2D eigenvalue weighted by Gasteiger charge is 2.31. The minimum Gasteiger partial charge on any atom is -0.497 e. The van der Waals surface area contributed by atoms with Crippen molar-refractivity contribution in [2.24, 2.45) is 0 Å². The van der Waals surface area contributed by atoms with Crippen LogP contribution in [-0.2, 0) is 11.2 Å². The fraction of sp³-hybridized carbons (Fsp3) is 0.0870. The monoisotopic (exact) mass is 371 g/mol. The smallest absolute Gasteiger partial charge is 0.228 e. The predicted octanol–water partition coefficient (Wildman–Crippen LogP) is 3.65. The van der Waals surface area contributed by atoms with Crippen molar-refractivity contribution in [3.8, 4) is 5.75 Å². The Bertz CT molecular complexity index is 1100. The molecule has 0 aliphatic heterocycles. The molecule has 1 N–H and O–H groups in total. The summed E-state index contributed by atoms with van der Waals surface area (Å²) in [6.45, 7) is 0. The third-order valence-corrected chi connectivity index (χ3v) is 4.75. The van der Waals surface area contributed by atoms with Gasteiger partial charge >= 0.3 is 0 Å². The first kappa shape index (κ1) is 17.7. The molecule has 28 heavy (non-hydrogen) atoms. The molecule has 3 aromatic carbocycles. The Morgan fingerprint density at radius 2 is 1.46 bits per heavy atom. The van der Waals surface area contributed by atoms with E-state index < -0.39 is 0 Å². The van der Waals surface area contributed by atoms with E-state index in [9.17, 15) is 14.4 Å². The van der Waals surface area contributed by atoms with Crippen molar-refractivity contribution in [2.75, 3.05) is 12.4 Å². The molecule has 1 amide bonds. The fourth-order valence-corrected chi connectivity index (χ4v) is 3.37. The zero-order chi connectivity index (χ0) is 19.7. The van der Waals surface area contributed by atoms with Gasteiger partial charge in [0.1, 0.15) is 5.75 Å². The van der Waals surface area contributed by atoms with Gasteiger partial charge in [-0.3, -0.25) is 14.4 Å². The number of ether oxygens (including phenoxy) is 1. The zero-order valence-electron chi connectivity index (χ0n) is 15.2. The number of methoxy groups -OCH3 is 1. The van der Waals surface area contributed by atoms with Gasteiger partial charge in [-0.1, -0.05) is 48.5 Å². The second kappa shape index (κ2) is 7.12. The van der Waals surface area contributed by atoms with Crippen LogP contribution in [0.5, 0.6) is 5.75 Å². The van der Waals surface area contributed by atoms with Crippen LogP contribution in [0, 0.1) is 0 Å². The number of carbonyl (C=O) groups is 3. The summed E-state index contributed by atoms with van der Waals surface area (Å²) < 4.78 is 5.11. The molecule has 0 unspecified atom stereocenters. The summed E-state index contributed by atoms with van der Waals surface area (Å²) in [5, 5.41) is 2.79. The van der Waals surface area contributed by atoms with Gasteiger partial charge in [-0.2, -0.15) is 0 Å². The molecule has 1 aliphatic carbocycles. The third-order valence-electron chi connectivity index (χ3n) is 4.75. The minimum absolute atomic E-state index is 0.145. The molecule has 0 saturated carbocycles. The number of fused-ring (bicyclic) bond motifs is 2. The molecule has 5 heteroatoms. The van der Waals surface area contributed by atoms with Gasteiger partial charge in [0.2, 0.25) is 5.91 Å². The van der Waals surface area contributed by atoms with Gasteiger partial charge in [0.05, 0.1) is 24.8 Å². The van der Waals surface area contributed by atoms with E-state index in [0.29, 0.717) is 28.1 Å². The third kappa shape index (κ3) is 3.07. The van der Waals surface area contributed by atoms with E-state index >= 15 is 0 Å². The van der Waals surface area contributed by atoms with Gasteiger partial charge < -0.3 is 10.1 Å². The molecule has 1 aliphatic rings. The molecule has 0 spiro atoms. The molecule has 0 fully saturated rings. The van der Waals surface area contributed by atoms with Crippen molar-refractivity contribution in [3.05, 3.63) is 94.5 Å². The first-order chi connectivity index (χ1) is 13.6. The molecule has 138 valence electrons. The second-order valence-electron chi connectivity index (χ2n) is 6.50. The average Bonchev–Trinajstić information content (AvgIpc) is 2.72. The summed E-state index contributed by atoms with van der Waals surface area (Å²) >= 11 is 0. The number of benzene rings is 3. The highest BCUT2D eigenvalue weighted by atomic mass is 16.5. The number of nitrogens with one attached hydrogen (secondary N) is 1. The first-order valence-electron chi connectivity index (χ1n) is 8.82. The first-order valence-corrected chi connectivity index (χ1v) is 8.82. The molecule has 0 atom stereocenters. The molecule has 4 rings (SSSR count). The van der Waals surface area contributed by atoms with Gasteiger partial charge in [-0.25, -0.2) is 0 Å². The largest absolute Gasteiger partial charge is 0.497 e. The van der Waals surface area contributed by atoms with E-state index in [1.165, 1.54) is 0 Å². The van der Waals surface area contributed by atoms with Crippen LogP contribution < -0.4 is 10.1 Å². The van der Waals surface area contributed by atoms with E-state index in [2.05, 4.69) is 5.32 Å². The number of hydrogen-bond acceptors (Lipinski definition) is 4. The SMILES string of the molecule is COc1ccc(CC(=O)Nc2cccc3c2C(=O)c2ccccc2C3=O)cc1. The van der Waals surface area contributed by atoms with Crippen LogP contribution in [0.25, 0.3) is 0 Å². The number of rotatable bonds is 4. The van der Waals surface area contributed by atoms with Gasteiger partial charge in [-0.15, -0.1) is 0 Å². The quantitative estimate of drug-likeness (QED) is 0.594. The number of hydrogen-bond donors (Lipinski definition) is 1. The standard InChI is InChI=1S/C23H17NO4/c1-28-15-11-9-14(10-12-15)13-20(25)24-19-8-4-7-18-21(19)23(27)17-6-3-2-5-16(17)22(18)26/h2-12H,13H2,1H3,(H,24,25). The van der Waals surface area contributed by atoms with Gasteiger partial charge in [0, 0.05) is 16.7 Å². The van der Waals surface area contributed by atoms with Crippen LogP contribution in [0.2, 0.25) is 0 Å². The lowest BCUT2D eigenvalue weighted by Gasteiger charge is -2.20. The summed E-state index contributed by atoms with van der Waals surface area (Å²) in [7, 11) is 1.58. The van der Waals surface area contributed by atoms with Crippen molar-refractivity contribution in [1.29, 1.82) is 0 Å². The van der Waals surface area contributed by atoms with Crippen molar-refractivity contribution in [3.63, 3.8) is 0 Å². The maximum atomic E-state index is 13.0. The normalized spacial score (nSPS) is 12.2. The van der Waals surface area contributed by atoms with Crippen molar-refractivity contribution in [2.45, 2.75) is 6.42 Å². The van der Waals surface area contributed by atoms with E-state index in [1.54, 1.807) is 61.7 Å². The number of amides is 1. The van der Waals surface area contributed by atoms with E-state index in [1.807, 2.05) is 12.1 Å². The van der Waals surface area contributed by atoms with E-state index in [0.717, 1.165) is 5.56 Å². The van der Waals surface area contributed by atoms with Gasteiger partial charge in [-0.05, 0) is 23.8 Å². The Balaban J connectivity index is 1.62. The Labute approximate surface area is 162 Å². The highest BCUT2D eigenvalue weighted by Crippen LogP contribution is 2.32. The lowest BCUT2D eigenvalue weighted by Crippen LogP contribution is -2.24. The van der Waals surface area contributed by atoms with Crippen molar-refractivity contribution < 1.29 is 19.1 Å². The molecular weight excluding hydrogens is 354 g/mol. The predicted molar refractivity (Wildman–Crippen MR) is 105 cm³/mol. The number of carbonyl (C=O) groups excluding carboxylic acids is 3.